The highest BCUT2D eigenvalue weighted by Gasteiger charge is 2.20. The minimum atomic E-state index is 0.177. The van der Waals surface area contributed by atoms with Crippen molar-refractivity contribution in [3.05, 3.63) is 156 Å². The summed E-state index contributed by atoms with van der Waals surface area (Å²) < 4.78 is 0. The predicted molar refractivity (Wildman–Crippen MR) is 168 cm³/mol. The molecule has 5 aromatic carbocycles. The van der Waals surface area contributed by atoms with Gasteiger partial charge in [-0.3, -0.25) is 0 Å². The van der Waals surface area contributed by atoms with E-state index in [-0.39, 0.29) is 5.92 Å². The van der Waals surface area contributed by atoms with Crippen LogP contribution < -0.4 is 0 Å². The number of nitrogens with zero attached hydrogens (tertiary/aromatic N) is 2. The number of rotatable bonds is 4. The first kappa shape index (κ1) is 24.0. The first-order valence-corrected chi connectivity index (χ1v) is 13.8. The molecule has 0 radical (unpaired) electrons. The highest BCUT2D eigenvalue weighted by molar-refractivity contribution is 5.98. The summed E-state index contributed by atoms with van der Waals surface area (Å²) >= 11 is 0. The van der Waals surface area contributed by atoms with E-state index >= 15 is 0 Å². The van der Waals surface area contributed by atoms with Gasteiger partial charge in [0.05, 0.1) is 11.2 Å². The van der Waals surface area contributed by atoms with Crippen molar-refractivity contribution in [1.82, 2.24) is 9.97 Å². The number of hydrogen-bond acceptors (Lipinski definition) is 2. The fourth-order valence-corrected chi connectivity index (χ4v) is 5.65. The van der Waals surface area contributed by atoms with Crippen LogP contribution in [0.3, 0.4) is 0 Å². The van der Waals surface area contributed by atoms with Crippen molar-refractivity contribution in [2.45, 2.75) is 12.8 Å². The zero-order valence-electron chi connectivity index (χ0n) is 22.3. The lowest BCUT2D eigenvalue weighted by Gasteiger charge is -2.17. The van der Waals surface area contributed by atoms with E-state index in [1.165, 1.54) is 33.4 Å². The summed E-state index contributed by atoms with van der Waals surface area (Å²) in [5, 5.41) is 1.08. The monoisotopic (exact) mass is 512 g/mol. The van der Waals surface area contributed by atoms with E-state index in [4.69, 9.17) is 9.97 Å². The average Bonchev–Trinajstić information content (AvgIpc) is 3.20. The van der Waals surface area contributed by atoms with Gasteiger partial charge in [-0.25, -0.2) is 9.97 Å². The molecule has 1 aliphatic carbocycles. The van der Waals surface area contributed by atoms with Gasteiger partial charge in [0.1, 0.15) is 0 Å². The van der Waals surface area contributed by atoms with E-state index in [1.807, 2.05) is 12.1 Å². The predicted octanol–water partition coefficient (Wildman–Crippen LogP) is 9.84. The second-order valence-electron chi connectivity index (χ2n) is 10.3. The van der Waals surface area contributed by atoms with Gasteiger partial charge >= 0.3 is 0 Å². The van der Waals surface area contributed by atoms with E-state index in [0.29, 0.717) is 0 Å². The van der Waals surface area contributed by atoms with Crippen LogP contribution in [0.25, 0.3) is 56.3 Å². The maximum absolute atomic E-state index is 5.26. The van der Waals surface area contributed by atoms with Crippen LogP contribution in [0, 0.1) is 0 Å². The first-order chi connectivity index (χ1) is 19.7. The highest BCUT2D eigenvalue weighted by atomic mass is 14.9. The van der Waals surface area contributed by atoms with Crippen LogP contribution in [0.5, 0.6) is 0 Å². The number of hydrogen-bond donors (Lipinski definition) is 0. The van der Waals surface area contributed by atoms with Crippen LogP contribution in [0.1, 0.15) is 29.5 Å². The Labute approximate surface area is 235 Å². The van der Waals surface area contributed by atoms with Gasteiger partial charge in [0.25, 0.3) is 0 Å². The Hall–Kier alpha value is -5.08. The van der Waals surface area contributed by atoms with Crippen LogP contribution >= 0.6 is 0 Å². The smallest absolute Gasteiger partial charge is 0.160 e. The quantitative estimate of drug-likeness (QED) is 0.235. The van der Waals surface area contributed by atoms with Gasteiger partial charge in [0, 0.05) is 22.4 Å². The summed E-state index contributed by atoms with van der Waals surface area (Å²) in [6.45, 7) is 2.27. The van der Waals surface area contributed by atoms with Crippen molar-refractivity contribution in [3.63, 3.8) is 0 Å². The molecule has 0 bridgehead atoms. The maximum Gasteiger partial charge on any atom is 0.160 e. The zero-order chi connectivity index (χ0) is 26.9. The molecular formula is C38H28N2. The van der Waals surface area contributed by atoms with Crippen molar-refractivity contribution >= 4 is 22.6 Å². The molecule has 2 nitrogen and oxygen atoms in total. The molecule has 190 valence electrons. The summed E-state index contributed by atoms with van der Waals surface area (Å²) in [6.07, 6.45) is 6.82. The third kappa shape index (κ3) is 4.44. The molecule has 0 spiro atoms. The SMILES string of the molecule is CC1C=C(c2ccccc2)C=Cc2ccc3c(-c4ccccc4)nc(-c4ccc(-c5ccccc5)cc4)nc3c21. The van der Waals surface area contributed by atoms with Crippen LogP contribution in [-0.2, 0) is 0 Å². The standard InChI is InChI=1S/C38H28N2/c1-26-25-33(28-13-7-3-8-14-28)22-19-30-23-24-34-36(31-15-9-4-10-16-31)39-38(40-37(34)35(26)30)32-20-17-29(18-21-32)27-11-5-2-6-12-27/h2-26H,1H3. The molecule has 40 heavy (non-hydrogen) atoms. The van der Waals surface area contributed by atoms with Crippen molar-refractivity contribution in [3.8, 4) is 33.8 Å². The van der Waals surface area contributed by atoms with E-state index in [9.17, 15) is 0 Å². The number of benzene rings is 5. The summed E-state index contributed by atoms with van der Waals surface area (Å²) in [7, 11) is 0. The summed E-state index contributed by atoms with van der Waals surface area (Å²) in [5.74, 6) is 0.919. The van der Waals surface area contributed by atoms with E-state index < -0.39 is 0 Å². The van der Waals surface area contributed by atoms with Crippen LogP contribution in [0.2, 0.25) is 0 Å². The van der Waals surface area contributed by atoms with Crippen molar-refractivity contribution < 1.29 is 0 Å². The maximum atomic E-state index is 5.26. The topological polar surface area (TPSA) is 25.8 Å². The van der Waals surface area contributed by atoms with Crippen molar-refractivity contribution in [1.29, 1.82) is 0 Å². The highest BCUT2D eigenvalue weighted by Crippen LogP contribution is 2.39. The number of allylic oxidation sites excluding steroid dienone is 3. The summed E-state index contributed by atoms with van der Waals surface area (Å²) in [4.78, 5) is 10.4. The molecule has 0 saturated heterocycles. The third-order valence-corrected chi connectivity index (χ3v) is 7.67. The zero-order valence-corrected chi connectivity index (χ0v) is 22.3. The Morgan fingerprint density at radius 1 is 0.500 bits per heavy atom. The van der Waals surface area contributed by atoms with Gasteiger partial charge in [-0.2, -0.15) is 0 Å². The summed E-state index contributed by atoms with van der Waals surface area (Å²) in [6, 6.07) is 44.5. The third-order valence-electron chi connectivity index (χ3n) is 7.67. The van der Waals surface area contributed by atoms with Gasteiger partial charge in [0.2, 0.25) is 0 Å². The Morgan fingerprint density at radius 2 is 1.07 bits per heavy atom. The Bertz CT molecular complexity index is 1870. The Balaban J connectivity index is 1.42. The van der Waals surface area contributed by atoms with Gasteiger partial charge in [-0.05, 0) is 39.5 Å². The molecule has 7 rings (SSSR count). The van der Waals surface area contributed by atoms with Crippen molar-refractivity contribution in [2.75, 3.05) is 0 Å². The second kappa shape index (κ2) is 10.2. The molecule has 0 N–H and O–H groups in total. The fourth-order valence-electron chi connectivity index (χ4n) is 5.65. The summed E-state index contributed by atoms with van der Waals surface area (Å²) in [5.41, 5.74) is 11.3. The average molecular weight is 513 g/mol. The lowest BCUT2D eigenvalue weighted by molar-refractivity contribution is 0.974. The molecule has 0 saturated carbocycles. The fraction of sp³-hybridized carbons (Fsp3) is 0.0526. The molecule has 1 aliphatic rings. The van der Waals surface area contributed by atoms with E-state index in [0.717, 1.165) is 33.5 Å². The molecule has 1 heterocycles. The minimum Gasteiger partial charge on any atom is -0.228 e. The normalized spacial score (nSPS) is 14.4. The number of fused-ring (bicyclic) bond motifs is 3. The van der Waals surface area contributed by atoms with Crippen LogP contribution in [0.15, 0.2) is 140 Å². The van der Waals surface area contributed by atoms with Crippen LogP contribution in [0.4, 0.5) is 0 Å². The molecule has 0 aliphatic heterocycles. The van der Waals surface area contributed by atoms with Gasteiger partial charge in [-0.15, -0.1) is 0 Å². The molecule has 0 amide bonds. The van der Waals surface area contributed by atoms with Gasteiger partial charge in [0.15, 0.2) is 5.82 Å². The largest absolute Gasteiger partial charge is 0.228 e. The molecule has 2 heteroatoms. The second-order valence-corrected chi connectivity index (χ2v) is 10.3. The molecule has 6 aromatic rings. The lowest BCUT2D eigenvalue weighted by Crippen LogP contribution is -2.01. The molecule has 1 aromatic heterocycles. The van der Waals surface area contributed by atoms with E-state index in [2.05, 4.69) is 140 Å². The Morgan fingerprint density at radius 3 is 1.75 bits per heavy atom. The van der Waals surface area contributed by atoms with Crippen molar-refractivity contribution in [2.24, 2.45) is 0 Å². The minimum absolute atomic E-state index is 0.177. The van der Waals surface area contributed by atoms with Crippen LogP contribution in [-0.4, -0.2) is 9.97 Å². The van der Waals surface area contributed by atoms with E-state index in [1.54, 1.807) is 0 Å². The first-order valence-electron chi connectivity index (χ1n) is 13.8. The van der Waals surface area contributed by atoms with Gasteiger partial charge in [-0.1, -0.05) is 146 Å². The Kier molecular flexibility index (Phi) is 6.14. The van der Waals surface area contributed by atoms with Gasteiger partial charge < -0.3 is 0 Å². The molecule has 0 fully saturated rings. The molecular weight excluding hydrogens is 484 g/mol. The molecule has 1 atom stereocenters. The molecule has 1 unspecified atom stereocenters. The lowest BCUT2D eigenvalue weighted by atomic mass is 9.91. The number of aromatic nitrogens is 2.